The fourth-order valence-corrected chi connectivity index (χ4v) is 2.32. The first kappa shape index (κ1) is 14.8. The van der Waals surface area contributed by atoms with Gasteiger partial charge in [0.25, 0.3) is 0 Å². The van der Waals surface area contributed by atoms with Crippen LogP contribution in [-0.2, 0) is 0 Å². The molecule has 8 nitrogen and oxygen atoms in total. The lowest BCUT2D eigenvalue weighted by molar-refractivity contribution is -0.383. The van der Waals surface area contributed by atoms with Crippen LogP contribution in [0.4, 0.5) is 32.5 Å². The molecule has 2 N–H and O–H groups in total. The predicted octanol–water partition coefficient (Wildman–Crippen LogP) is 3.47. The smallest absolute Gasteiger partial charge is 0.334 e. The Kier molecular flexibility index (Phi) is 4.06. The summed E-state index contributed by atoms with van der Waals surface area (Å²) >= 11 is 1.28. The zero-order valence-corrected chi connectivity index (χ0v) is 12.2. The van der Waals surface area contributed by atoms with Crippen molar-refractivity contribution in [2.45, 2.75) is 0 Å². The van der Waals surface area contributed by atoms with Crippen molar-refractivity contribution in [3.05, 3.63) is 58.1 Å². The van der Waals surface area contributed by atoms with E-state index in [1.807, 2.05) is 0 Å². The third kappa shape index (κ3) is 3.37. The molecule has 0 fully saturated rings. The van der Waals surface area contributed by atoms with E-state index in [0.717, 1.165) is 0 Å². The second-order valence-corrected chi connectivity index (χ2v) is 5.17. The van der Waals surface area contributed by atoms with E-state index in [-0.39, 0.29) is 17.3 Å². The van der Waals surface area contributed by atoms with Gasteiger partial charge in [-0.3, -0.25) is 10.1 Å². The van der Waals surface area contributed by atoms with Crippen LogP contribution in [0.15, 0.2) is 42.2 Å². The molecule has 10 heteroatoms. The number of halogens is 1. The maximum Gasteiger partial charge on any atom is 0.353 e. The van der Waals surface area contributed by atoms with Crippen LogP contribution in [-0.4, -0.2) is 19.9 Å². The molecule has 0 unspecified atom stereocenters. The Hall–Kier alpha value is -3.14. The number of hydrogen-bond donors (Lipinski definition) is 2. The molecule has 0 aliphatic carbocycles. The maximum absolute atomic E-state index is 12.9. The monoisotopic (exact) mass is 332 g/mol. The summed E-state index contributed by atoms with van der Waals surface area (Å²) < 4.78 is 12.9. The van der Waals surface area contributed by atoms with Crippen molar-refractivity contribution < 1.29 is 9.31 Å². The van der Waals surface area contributed by atoms with Crippen LogP contribution in [0.3, 0.4) is 0 Å². The molecule has 0 amide bonds. The van der Waals surface area contributed by atoms with E-state index in [1.165, 1.54) is 41.9 Å². The van der Waals surface area contributed by atoms with E-state index in [1.54, 1.807) is 11.6 Å². The van der Waals surface area contributed by atoms with Crippen molar-refractivity contribution in [3.8, 4) is 0 Å². The van der Waals surface area contributed by atoms with E-state index in [0.29, 0.717) is 10.8 Å². The Morgan fingerprint density at radius 1 is 1.09 bits per heavy atom. The second-order valence-electron chi connectivity index (χ2n) is 4.27. The first-order chi connectivity index (χ1) is 11.1. The quantitative estimate of drug-likeness (QED) is 0.544. The molecule has 3 rings (SSSR count). The molecule has 1 aromatic carbocycles. The van der Waals surface area contributed by atoms with Gasteiger partial charge in [-0.25, -0.2) is 19.3 Å². The second kappa shape index (κ2) is 6.32. The summed E-state index contributed by atoms with van der Waals surface area (Å²) in [6.07, 6.45) is 2.76. The van der Waals surface area contributed by atoms with Crippen LogP contribution < -0.4 is 10.6 Å². The van der Waals surface area contributed by atoms with E-state index in [4.69, 9.17) is 0 Å². The molecular weight excluding hydrogens is 323 g/mol. The summed E-state index contributed by atoms with van der Waals surface area (Å²) in [7, 11) is 0. The lowest BCUT2D eigenvalue weighted by atomic mass is 10.3. The van der Waals surface area contributed by atoms with Crippen LogP contribution in [0.5, 0.6) is 0 Å². The maximum atomic E-state index is 12.9. The van der Waals surface area contributed by atoms with Crippen LogP contribution in [0.25, 0.3) is 0 Å². The minimum Gasteiger partial charge on any atom is -0.334 e. The van der Waals surface area contributed by atoms with Gasteiger partial charge in [-0.2, -0.15) is 0 Å². The molecule has 0 bridgehead atoms. The fourth-order valence-electron chi connectivity index (χ4n) is 1.79. The summed E-state index contributed by atoms with van der Waals surface area (Å²) in [6.45, 7) is 0. The zero-order valence-electron chi connectivity index (χ0n) is 11.4. The average Bonchev–Trinajstić information content (AvgIpc) is 3.02. The standard InChI is InChI=1S/C13H9FN6O2S/c14-8-1-3-9(4-2-8)18-11-10(20(21)22)12(17-7-16-11)19-13-15-5-6-23-13/h1-7H,(H2,15,16,17,18,19). The Morgan fingerprint density at radius 2 is 1.78 bits per heavy atom. The third-order valence-corrected chi connectivity index (χ3v) is 3.46. The van der Waals surface area contributed by atoms with Gasteiger partial charge in [0, 0.05) is 17.3 Å². The molecule has 23 heavy (non-hydrogen) atoms. The van der Waals surface area contributed by atoms with Crippen molar-refractivity contribution in [2.75, 3.05) is 10.6 Å². The highest BCUT2D eigenvalue weighted by Crippen LogP contribution is 2.33. The van der Waals surface area contributed by atoms with Crippen LogP contribution in [0.2, 0.25) is 0 Å². The number of nitrogens with zero attached hydrogens (tertiary/aromatic N) is 4. The normalized spacial score (nSPS) is 10.3. The molecule has 116 valence electrons. The van der Waals surface area contributed by atoms with Crippen LogP contribution in [0.1, 0.15) is 0 Å². The Morgan fingerprint density at radius 3 is 2.39 bits per heavy atom. The van der Waals surface area contributed by atoms with E-state index in [9.17, 15) is 14.5 Å². The molecule has 0 saturated heterocycles. The molecule has 2 aromatic heterocycles. The Balaban J connectivity index is 1.96. The highest BCUT2D eigenvalue weighted by Gasteiger charge is 2.23. The predicted molar refractivity (Wildman–Crippen MR) is 83.8 cm³/mol. The number of rotatable bonds is 5. The molecule has 2 heterocycles. The van der Waals surface area contributed by atoms with Gasteiger partial charge < -0.3 is 10.6 Å². The van der Waals surface area contributed by atoms with Gasteiger partial charge in [0.05, 0.1) is 4.92 Å². The van der Waals surface area contributed by atoms with Gasteiger partial charge in [-0.15, -0.1) is 11.3 Å². The largest absolute Gasteiger partial charge is 0.353 e. The van der Waals surface area contributed by atoms with Crippen molar-refractivity contribution in [1.29, 1.82) is 0 Å². The number of anilines is 4. The van der Waals surface area contributed by atoms with Crippen molar-refractivity contribution in [3.63, 3.8) is 0 Å². The summed E-state index contributed by atoms with van der Waals surface area (Å²) in [5.41, 5.74) is 0.139. The number of nitrogens with one attached hydrogen (secondary N) is 2. The van der Waals surface area contributed by atoms with E-state index >= 15 is 0 Å². The van der Waals surface area contributed by atoms with Gasteiger partial charge in [0.15, 0.2) is 5.13 Å². The minimum atomic E-state index is -0.595. The SMILES string of the molecule is O=[N+]([O-])c1c(Nc2ccc(F)cc2)ncnc1Nc1nccs1. The third-order valence-electron chi connectivity index (χ3n) is 2.77. The number of benzene rings is 1. The molecule has 0 radical (unpaired) electrons. The molecule has 0 aliphatic heterocycles. The molecule has 0 saturated carbocycles. The summed E-state index contributed by atoms with van der Waals surface area (Å²) in [6, 6.07) is 5.39. The molecular formula is C13H9FN6O2S. The Bertz CT molecular complexity index is 825. The molecule has 0 aliphatic rings. The fraction of sp³-hybridized carbons (Fsp3) is 0. The summed E-state index contributed by atoms with van der Waals surface area (Å²) in [5.74, 6) is -0.390. The van der Waals surface area contributed by atoms with Crippen molar-refractivity contribution >= 4 is 39.5 Å². The van der Waals surface area contributed by atoms with Gasteiger partial charge in [-0.05, 0) is 24.3 Å². The minimum absolute atomic E-state index is 0.00401. The zero-order chi connectivity index (χ0) is 16.2. The molecule has 0 atom stereocenters. The highest BCUT2D eigenvalue weighted by atomic mass is 32.1. The topological polar surface area (TPSA) is 106 Å². The first-order valence-corrected chi connectivity index (χ1v) is 7.20. The average molecular weight is 332 g/mol. The highest BCUT2D eigenvalue weighted by molar-refractivity contribution is 7.13. The lowest BCUT2D eigenvalue weighted by Gasteiger charge is -2.08. The van der Waals surface area contributed by atoms with E-state index in [2.05, 4.69) is 25.6 Å². The van der Waals surface area contributed by atoms with Crippen LogP contribution in [0, 0.1) is 15.9 Å². The van der Waals surface area contributed by atoms with E-state index < -0.39 is 10.7 Å². The van der Waals surface area contributed by atoms with Gasteiger partial charge in [-0.1, -0.05) is 0 Å². The van der Waals surface area contributed by atoms with Crippen LogP contribution >= 0.6 is 11.3 Å². The van der Waals surface area contributed by atoms with Gasteiger partial charge in [0.2, 0.25) is 11.6 Å². The van der Waals surface area contributed by atoms with Gasteiger partial charge >= 0.3 is 5.69 Å². The summed E-state index contributed by atoms with van der Waals surface area (Å²) in [5, 5.41) is 19.2. The number of nitro groups is 1. The summed E-state index contributed by atoms with van der Waals surface area (Å²) in [4.78, 5) is 22.6. The number of aromatic nitrogens is 3. The van der Waals surface area contributed by atoms with Crippen molar-refractivity contribution in [2.24, 2.45) is 0 Å². The van der Waals surface area contributed by atoms with Gasteiger partial charge in [0.1, 0.15) is 12.1 Å². The molecule has 3 aromatic rings. The van der Waals surface area contributed by atoms with Crippen molar-refractivity contribution in [1.82, 2.24) is 15.0 Å². The number of hydrogen-bond acceptors (Lipinski definition) is 8. The number of thiazole rings is 1. The molecule has 0 spiro atoms. The Labute approximate surface area is 133 Å². The first-order valence-electron chi connectivity index (χ1n) is 6.32. The lowest BCUT2D eigenvalue weighted by Crippen LogP contribution is -2.05.